The van der Waals surface area contributed by atoms with Gasteiger partial charge in [-0.05, 0) is 92.0 Å². The van der Waals surface area contributed by atoms with Crippen LogP contribution in [-0.2, 0) is 12.8 Å². The highest BCUT2D eigenvalue weighted by Gasteiger charge is 2.25. The highest BCUT2D eigenvalue weighted by Crippen LogP contribution is 2.35. The van der Waals surface area contributed by atoms with Crippen LogP contribution in [0.2, 0.25) is 0 Å². The van der Waals surface area contributed by atoms with E-state index in [0.717, 1.165) is 49.5 Å². The van der Waals surface area contributed by atoms with Gasteiger partial charge in [0.1, 0.15) is 5.75 Å². The van der Waals surface area contributed by atoms with Crippen LogP contribution in [0.15, 0.2) is 12.1 Å². The number of rotatable bonds is 9. The number of hydrogen-bond donors (Lipinski definition) is 1. The first-order valence-electron chi connectivity index (χ1n) is 10.6. The van der Waals surface area contributed by atoms with Crippen molar-refractivity contribution < 1.29 is 4.74 Å². The van der Waals surface area contributed by atoms with Gasteiger partial charge in [0.15, 0.2) is 0 Å². The minimum Gasteiger partial charge on any atom is -0.493 e. The summed E-state index contributed by atoms with van der Waals surface area (Å²) in [4.78, 5) is 0. The number of nitrogens with one attached hydrogen (secondary N) is 1. The van der Waals surface area contributed by atoms with E-state index in [1.54, 1.807) is 5.56 Å². The number of benzene rings is 1. The third kappa shape index (κ3) is 5.23. The second-order valence-corrected chi connectivity index (χ2v) is 8.84. The zero-order valence-corrected chi connectivity index (χ0v) is 16.7. The van der Waals surface area contributed by atoms with Crippen LogP contribution in [0.5, 0.6) is 5.75 Å². The lowest BCUT2D eigenvalue weighted by Crippen LogP contribution is -2.30. The molecule has 0 spiro atoms. The standard InChI is InChI=1S/C23H37NO/c1-5-19-13-21-20(14-23(19)25-15-18-7-8-18)10-11-24-22(21)9-6-17(4)12-16(2)3/h13-14,16-18,22,24H,5-12,15H2,1-4H3/t17-,22-/m1/s1. The van der Waals surface area contributed by atoms with E-state index < -0.39 is 0 Å². The third-order valence-corrected chi connectivity index (χ3v) is 5.86. The zero-order valence-electron chi connectivity index (χ0n) is 16.7. The van der Waals surface area contributed by atoms with Gasteiger partial charge in [0, 0.05) is 6.04 Å². The molecule has 1 heterocycles. The van der Waals surface area contributed by atoms with Crippen LogP contribution in [0.1, 0.15) is 82.5 Å². The molecule has 1 aliphatic carbocycles. The Morgan fingerprint density at radius 1 is 1.20 bits per heavy atom. The Hall–Kier alpha value is -1.02. The molecule has 0 radical (unpaired) electrons. The second kappa shape index (κ2) is 8.58. The number of hydrogen-bond acceptors (Lipinski definition) is 2. The van der Waals surface area contributed by atoms with Gasteiger partial charge in [-0.1, -0.05) is 33.8 Å². The van der Waals surface area contributed by atoms with E-state index in [4.69, 9.17) is 4.74 Å². The average molecular weight is 344 g/mol. The van der Waals surface area contributed by atoms with E-state index in [1.165, 1.54) is 43.2 Å². The molecule has 0 saturated heterocycles. The molecule has 1 saturated carbocycles. The number of ether oxygens (including phenoxy) is 1. The maximum atomic E-state index is 6.17. The van der Waals surface area contributed by atoms with Crippen LogP contribution >= 0.6 is 0 Å². The Balaban J connectivity index is 1.68. The van der Waals surface area contributed by atoms with E-state index >= 15 is 0 Å². The fraction of sp³-hybridized carbons (Fsp3) is 0.739. The Bertz CT molecular complexity index is 561. The molecule has 1 aromatic rings. The molecule has 0 bridgehead atoms. The number of aryl methyl sites for hydroxylation is 1. The molecule has 3 rings (SSSR count). The first kappa shape index (κ1) is 18.8. The van der Waals surface area contributed by atoms with Crippen molar-refractivity contribution in [2.45, 2.75) is 78.7 Å². The summed E-state index contributed by atoms with van der Waals surface area (Å²) in [7, 11) is 0. The molecule has 25 heavy (non-hydrogen) atoms. The Morgan fingerprint density at radius 2 is 2.00 bits per heavy atom. The normalized spacial score (nSPS) is 21.2. The van der Waals surface area contributed by atoms with Gasteiger partial charge in [0.25, 0.3) is 0 Å². The third-order valence-electron chi connectivity index (χ3n) is 5.86. The monoisotopic (exact) mass is 343 g/mol. The molecular formula is C23H37NO. The molecule has 1 fully saturated rings. The van der Waals surface area contributed by atoms with Gasteiger partial charge in [-0.15, -0.1) is 0 Å². The highest BCUT2D eigenvalue weighted by molar-refractivity contribution is 5.45. The lowest BCUT2D eigenvalue weighted by molar-refractivity contribution is 0.296. The first-order valence-corrected chi connectivity index (χ1v) is 10.6. The first-order chi connectivity index (χ1) is 12.1. The van der Waals surface area contributed by atoms with Crippen LogP contribution < -0.4 is 10.1 Å². The van der Waals surface area contributed by atoms with Gasteiger partial charge in [0.05, 0.1) is 6.61 Å². The second-order valence-electron chi connectivity index (χ2n) is 8.84. The Morgan fingerprint density at radius 3 is 2.68 bits per heavy atom. The van der Waals surface area contributed by atoms with Crippen LogP contribution in [0.25, 0.3) is 0 Å². The maximum absolute atomic E-state index is 6.17. The van der Waals surface area contributed by atoms with Gasteiger partial charge >= 0.3 is 0 Å². The summed E-state index contributed by atoms with van der Waals surface area (Å²) in [6.45, 7) is 11.4. The minimum atomic E-state index is 0.529. The van der Waals surface area contributed by atoms with E-state index in [-0.39, 0.29) is 0 Å². The van der Waals surface area contributed by atoms with E-state index in [2.05, 4.69) is 45.1 Å². The van der Waals surface area contributed by atoms with Crippen LogP contribution in [-0.4, -0.2) is 13.2 Å². The van der Waals surface area contributed by atoms with Crippen LogP contribution in [0.4, 0.5) is 0 Å². The predicted molar refractivity (Wildman–Crippen MR) is 106 cm³/mol. The molecule has 0 unspecified atom stereocenters. The quantitative estimate of drug-likeness (QED) is 0.622. The van der Waals surface area contributed by atoms with E-state index in [1.807, 2.05) is 0 Å². The summed E-state index contributed by atoms with van der Waals surface area (Å²) in [6.07, 6.45) is 8.82. The highest BCUT2D eigenvalue weighted by atomic mass is 16.5. The topological polar surface area (TPSA) is 21.3 Å². The predicted octanol–water partition coefficient (Wildman–Crippen LogP) is 5.69. The smallest absolute Gasteiger partial charge is 0.122 e. The summed E-state index contributed by atoms with van der Waals surface area (Å²) in [5.74, 6) is 3.60. The summed E-state index contributed by atoms with van der Waals surface area (Å²) in [5, 5.41) is 3.77. The van der Waals surface area contributed by atoms with Gasteiger partial charge in [-0.2, -0.15) is 0 Å². The molecule has 1 aliphatic heterocycles. The summed E-state index contributed by atoms with van der Waals surface area (Å²) in [5.41, 5.74) is 4.45. The van der Waals surface area contributed by atoms with Crippen LogP contribution in [0, 0.1) is 17.8 Å². The van der Waals surface area contributed by atoms with E-state index in [9.17, 15) is 0 Å². The van der Waals surface area contributed by atoms with Crippen molar-refractivity contribution in [1.82, 2.24) is 5.32 Å². The average Bonchev–Trinajstić information content (AvgIpc) is 3.41. The van der Waals surface area contributed by atoms with Crippen molar-refractivity contribution in [2.24, 2.45) is 17.8 Å². The SMILES string of the molecule is CCc1cc2c(cc1OCC1CC1)CCN[C@@H]2CC[C@@H](C)CC(C)C. The Labute approximate surface area is 154 Å². The van der Waals surface area contributed by atoms with Gasteiger partial charge in [0.2, 0.25) is 0 Å². The molecule has 2 aliphatic rings. The van der Waals surface area contributed by atoms with Crippen molar-refractivity contribution in [2.75, 3.05) is 13.2 Å². The van der Waals surface area contributed by atoms with Crippen molar-refractivity contribution in [3.63, 3.8) is 0 Å². The van der Waals surface area contributed by atoms with Crippen molar-refractivity contribution in [1.29, 1.82) is 0 Å². The Kier molecular flexibility index (Phi) is 6.44. The molecule has 2 heteroatoms. The summed E-state index contributed by atoms with van der Waals surface area (Å²) in [6, 6.07) is 5.34. The minimum absolute atomic E-state index is 0.529. The molecule has 1 N–H and O–H groups in total. The summed E-state index contributed by atoms with van der Waals surface area (Å²) >= 11 is 0. The van der Waals surface area contributed by atoms with Gasteiger partial charge in [-0.3, -0.25) is 0 Å². The van der Waals surface area contributed by atoms with E-state index in [0.29, 0.717) is 6.04 Å². The lowest BCUT2D eigenvalue weighted by Gasteiger charge is -2.29. The molecule has 2 atom stereocenters. The fourth-order valence-electron chi connectivity index (χ4n) is 4.25. The van der Waals surface area contributed by atoms with Crippen molar-refractivity contribution in [3.05, 3.63) is 28.8 Å². The molecule has 140 valence electrons. The lowest BCUT2D eigenvalue weighted by atomic mass is 9.86. The molecular weight excluding hydrogens is 306 g/mol. The molecule has 0 amide bonds. The van der Waals surface area contributed by atoms with Crippen molar-refractivity contribution >= 4 is 0 Å². The maximum Gasteiger partial charge on any atom is 0.122 e. The van der Waals surface area contributed by atoms with Crippen molar-refractivity contribution in [3.8, 4) is 5.75 Å². The zero-order chi connectivity index (χ0) is 17.8. The summed E-state index contributed by atoms with van der Waals surface area (Å²) < 4.78 is 6.17. The van der Waals surface area contributed by atoms with Gasteiger partial charge in [-0.25, -0.2) is 0 Å². The molecule has 1 aromatic carbocycles. The molecule has 0 aromatic heterocycles. The fourth-order valence-corrected chi connectivity index (χ4v) is 4.25. The number of fused-ring (bicyclic) bond motifs is 1. The molecule has 2 nitrogen and oxygen atoms in total. The van der Waals surface area contributed by atoms with Crippen LogP contribution in [0.3, 0.4) is 0 Å². The van der Waals surface area contributed by atoms with Gasteiger partial charge < -0.3 is 10.1 Å². The largest absolute Gasteiger partial charge is 0.493 e.